The number of ether oxygens (including phenoxy) is 1. The molecule has 5 nitrogen and oxygen atoms in total. The predicted octanol–water partition coefficient (Wildman–Crippen LogP) is 4.39. The summed E-state index contributed by atoms with van der Waals surface area (Å²) in [6.07, 6.45) is 1.20. The molecule has 134 valence electrons. The summed E-state index contributed by atoms with van der Waals surface area (Å²) in [7, 11) is 0. The summed E-state index contributed by atoms with van der Waals surface area (Å²) in [4.78, 5) is 23.6. The van der Waals surface area contributed by atoms with Crippen LogP contribution in [0.3, 0.4) is 0 Å². The Kier molecular flexibility index (Phi) is 5.49. The van der Waals surface area contributed by atoms with Gasteiger partial charge in [-0.2, -0.15) is 0 Å². The first kappa shape index (κ1) is 18.3. The number of esters is 1. The van der Waals surface area contributed by atoms with Crippen LogP contribution in [0.15, 0.2) is 48.5 Å². The Labute approximate surface area is 160 Å². The van der Waals surface area contributed by atoms with E-state index in [0.29, 0.717) is 26.9 Å². The van der Waals surface area contributed by atoms with E-state index in [9.17, 15) is 9.59 Å². The molecule has 1 aliphatic rings. The molecule has 0 amide bonds. The molecule has 0 fully saturated rings. The zero-order valence-corrected chi connectivity index (χ0v) is 15.1. The normalized spacial score (nSPS) is 17.3. The maximum atomic E-state index is 12.5. The summed E-state index contributed by atoms with van der Waals surface area (Å²) in [6.45, 7) is 0.138. The van der Waals surface area contributed by atoms with Gasteiger partial charge in [-0.1, -0.05) is 53.5 Å². The lowest BCUT2D eigenvalue weighted by molar-refractivity contribution is -0.145. The number of carbonyl (C=O) groups is 2. The number of nitrogens with one attached hydrogen (secondary N) is 1. The van der Waals surface area contributed by atoms with Crippen molar-refractivity contribution >= 4 is 46.4 Å². The van der Waals surface area contributed by atoms with Crippen LogP contribution in [0.5, 0.6) is 0 Å². The average Bonchev–Trinajstić information content (AvgIpc) is 2.59. The summed E-state index contributed by atoms with van der Waals surface area (Å²) in [5, 5.41) is 12.9. The monoisotopic (exact) mass is 391 g/mol. The zero-order valence-electron chi connectivity index (χ0n) is 13.5. The van der Waals surface area contributed by atoms with Crippen molar-refractivity contribution in [3.8, 4) is 0 Å². The number of hydrogen-bond donors (Lipinski definition) is 2. The van der Waals surface area contributed by atoms with Gasteiger partial charge in [-0.3, -0.25) is 0 Å². The number of aliphatic carboxylic acids is 1. The van der Waals surface area contributed by atoms with Crippen molar-refractivity contribution in [2.45, 2.75) is 19.1 Å². The first-order valence-electron chi connectivity index (χ1n) is 7.84. The first-order valence-corrected chi connectivity index (χ1v) is 8.59. The summed E-state index contributed by atoms with van der Waals surface area (Å²) in [6, 6.07) is 11.7. The number of carbonyl (C=O) groups excluding carboxylic acids is 1. The highest BCUT2D eigenvalue weighted by Crippen LogP contribution is 2.40. The molecule has 2 N–H and O–H groups in total. The minimum absolute atomic E-state index is 0.138. The van der Waals surface area contributed by atoms with Gasteiger partial charge in [0.15, 0.2) is 0 Å². The van der Waals surface area contributed by atoms with Crippen LogP contribution in [0.25, 0.3) is 5.57 Å². The average molecular weight is 392 g/mol. The smallest absolute Gasteiger partial charge is 0.329 e. The van der Waals surface area contributed by atoms with Crippen molar-refractivity contribution < 1.29 is 19.4 Å². The van der Waals surface area contributed by atoms with Gasteiger partial charge in [0, 0.05) is 28.8 Å². The highest BCUT2D eigenvalue weighted by Gasteiger charge is 2.30. The zero-order chi connectivity index (χ0) is 18.7. The molecular weight excluding hydrogens is 377 g/mol. The van der Waals surface area contributed by atoms with Crippen LogP contribution < -0.4 is 5.32 Å². The second-order valence-electron chi connectivity index (χ2n) is 5.81. The Bertz CT molecular complexity index is 881. The molecule has 0 saturated carbocycles. The van der Waals surface area contributed by atoms with Crippen LogP contribution in [0, 0.1) is 0 Å². The minimum Gasteiger partial charge on any atom is -0.478 e. The van der Waals surface area contributed by atoms with Crippen molar-refractivity contribution in [2.24, 2.45) is 0 Å². The molecule has 0 aromatic heterocycles. The van der Waals surface area contributed by atoms with E-state index < -0.39 is 18.0 Å². The van der Waals surface area contributed by atoms with Crippen LogP contribution in [0.4, 0.5) is 5.69 Å². The lowest BCUT2D eigenvalue weighted by Crippen LogP contribution is -2.34. The van der Waals surface area contributed by atoms with E-state index in [1.54, 1.807) is 6.07 Å². The number of anilines is 1. The molecule has 1 heterocycles. The highest BCUT2D eigenvalue weighted by molar-refractivity contribution is 6.36. The fourth-order valence-electron chi connectivity index (χ4n) is 2.83. The van der Waals surface area contributed by atoms with Crippen molar-refractivity contribution in [2.75, 3.05) is 5.32 Å². The fourth-order valence-corrected chi connectivity index (χ4v) is 3.44. The van der Waals surface area contributed by atoms with Crippen molar-refractivity contribution in [3.05, 3.63) is 69.7 Å². The molecule has 2 aromatic carbocycles. The first-order chi connectivity index (χ1) is 12.4. The van der Waals surface area contributed by atoms with Crippen LogP contribution in [0.1, 0.15) is 17.5 Å². The molecule has 2 aromatic rings. The van der Waals surface area contributed by atoms with E-state index in [-0.39, 0.29) is 13.0 Å². The third kappa shape index (κ3) is 4.18. The number of carboxylic acid groups (broad SMARTS) is 1. The Morgan fingerprint density at radius 2 is 1.96 bits per heavy atom. The molecule has 26 heavy (non-hydrogen) atoms. The van der Waals surface area contributed by atoms with E-state index >= 15 is 0 Å². The molecule has 3 rings (SSSR count). The SMILES string of the molecule is O=C(O)C=C1CC(C(=O)OCc2ccccc2)Nc2cc(Cl)cc(Cl)c21. The number of fused-ring (bicyclic) bond motifs is 1. The predicted molar refractivity (Wildman–Crippen MR) is 100 cm³/mol. The van der Waals surface area contributed by atoms with Gasteiger partial charge in [0.05, 0.1) is 5.02 Å². The van der Waals surface area contributed by atoms with Gasteiger partial charge in [-0.15, -0.1) is 0 Å². The lowest BCUT2D eigenvalue weighted by Gasteiger charge is -2.28. The molecule has 1 atom stereocenters. The van der Waals surface area contributed by atoms with Gasteiger partial charge in [0.25, 0.3) is 0 Å². The molecule has 1 unspecified atom stereocenters. The van der Waals surface area contributed by atoms with E-state index in [2.05, 4.69) is 5.32 Å². The van der Waals surface area contributed by atoms with E-state index in [1.165, 1.54) is 6.07 Å². The van der Waals surface area contributed by atoms with Gasteiger partial charge in [-0.05, 0) is 23.3 Å². The maximum Gasteiger partial charge on any atom is 0.329 e. The Morgan fingerprint density at radius 3 is 2.65 bits per heavy atom. The maximum absolute atomic E-state index is 12.5. The van der Waals surface area contributed by atoms with Gasteiger partial charge in [0.1, 0.15) is 12.6 Å². The Balaban J connectivity index is 1.83. The highest BCUT2D eigenvalue weighted by atomic mass is 35.5. The number of benzene rings is 2. The summed E-state index contributed by atoms with van der Waals surface area (Å²) >= 11 is 12.2. The van der Waals surface area contributed by atoms with Crippen LogP contribution in [-0.4, -0.2) is 23.1 Å². The molecular formula is C19H15Cl2NO4. The molecule has 0 spiro atoms. The van der Waals surface area contributed by atoms with Crippen molar-refractivity contribution in [3.63, 3.8) is 0 Å². The van der Waals surface area contributed by atoms with E-state index in [4.69, 9.17) is 33.0 Å². The summed E-state index contributed by atoms with van der Waals surface area (Å²) in [5.74, 6) is -1.60. The van der Waals surface area contributed by atoms with Crippen LogP contribution in [-0.2, 0) is 20.9 Å². The van der Waals surface area contributed by atoms with Gasteiger partial charge < -0.3 is 15.2 Å². The van der Waals surface area contributed by atoms with Crippen LogP contribution >= 0.6 is 23.2 Å². The van der Waals surface area contributed by atoms with Crippen molar-refractivity contribution in [1.29, 1.82) is 0 Å². The summed E-state index contributed by atoms with van der Waals surface area (Å²) < 4.78 is 5.35. The number of halogens is 2. The third-order valence-corrected chi connectivity index (χ3v) is 4.45. The second kappa shape index (κ2) is 7.81. The van der Waals surface area contributed by atoms with Gasteiger partial charge >= 0.3 is 11.9 Å². The lowest BCUT2D eigenvalue weighted by atomic mass is 9.92. The molecule has 0 radical (unpaired) electrons. The quantitative estimate of drug-likeness (QED) is 0.596. The fraction of sp³-hybridized carbons (Fsp3) is 0.158. The largest absolute Gasteiger partial charge is 0.478 e. The van der Waals surface area contributed by atoms with Gasteiger partial charge in [-0.25, -0.2) is 9.59 Å². The topological polar surface area (TPSA) is 75.6 Å². The standard InChI is InChI=1S/C19H15Cl2NO4/c20-13-8-14(21)18-12(7-17(23)24)6-16(22-15(18)9-13)19(25)26-10-11-4-2-1-3-5-11/h1-5,7-9,16,22H,6,10H2,(H,23,24). The molecule has 1 aliphatic heterocycles. The molecule has 0 aliphatic carbocycles. The second-order valence-corrected chi connectivity index (χ2v) is 6.66. The molecule has 7 heteroatoms. The minimum atomic E-state index is -1.12. The molecule has 0 saturated heterocycles. The van der Waals surface area contributed by atoms with Crippen LogP contribution in [0.2, 0.25) is 10.0 Å². The Morgan fingerprint density at radius 1 is 1.23 bits per heavy atom. The van der Waals surface area contributed by atoms with Crippen molar-refractivity contribution in [1.82, 2.24) is 0 Å². The third-order valence-electron chi connectivity index (χ3n) is 3.94. The van der Waals surface area contributed by atoms with Gasteiger partial charge in [0.2, 0.25) is 0 Å². The number of carboxylic acids is 1. The number of hydrogen-bond acceptors (Lipinski definition) is 4. The Hall–Kier alpha value is -2.50. The van der Waals surface area contributed by atoms with E-state index in [1.807, 2.05) is 30.3 Å². The summed E-state index contributed by atoms with van der Waals surface area (Å²) in [5.41, 5.74) is 2.34. The molecule has 0 bridgehead atoms. The van der Waals surface area contributed by atoms with E-state index in [0.717, 1.165) is 11.6 Å². The number of rotatable bonds is 4.